The summed E-state index contributed by atoms with van der Waals surface area (Å²) in [6.07, 6.45) is 0. The van der Waals surface area contributed by atoms with Crippen molar-refractivity contribution in [2.75, 3.05) is 0 Å². The van der Waals surface area contributed by atoms with E-state index in [0.29, 0.717) is 0 Å². The minimum Gasteiger partial charge on any atom is -0.328 e. The Morgan fingerprint density at radius 2 is 0.455 bits per heavy atom. The quantitative estimate of drug-likeness (QED) is 0.233. The van der Waals surface area contributed by atoms with Gasteiger partial charge in [0.15, 0.2) is 0 Å². The molecule has 0 amide bonds. The van der Waals surface area contributed by atoms with Gasteiger partial charge < -0.3 is 29.4 Å². The van der Waals surface area contributed by atoms with Gasteiger partial charge in [-0.1, -0.05) is 0 Å². The molecule has 0 heterocycles. The number of hydrogen-bond donors (Lipinski definition) is 6. The minimum absolute atomic E-state index is 0. The second kappa shape index (κ2) is 22.7. The van der Waals surface area contributed by atoms with Crippen LogP contribution >= 0.6 is 17.2 Å². The van der Waals surface area contributed by atoms with Crippen LogP contribution in [0.3, 0.4) is 0 Å². The van der Waals surface area contributed by atoms with Gasteiger partial charge in [-0.25, -0.2) is 0 Å². The molecule has 0 atom stereocenters. The van der Waals surface area contributed by atoms with Gasteiger partial charge in [-0.15, -0.1) is 0 Å². The molecule has 0 saturated heterocycles. The van der Waals surface area contributed by atoms with Crippen molar-refractivity contribution in [3.63, 3.8) is 0 Å². The summed E-state index contributed by atoms with van der Waals surface area (Å²) in [6.45, 7) is 0. The zero-order chi connectivity index (χ0) is 7.15. The Labute approximate surface area is 95.8 Å². The summed E-state index contributed by atoms with van der Waals surface area (Å²) in [7, 11) is -5.24. The van der Waals surface area contributed by atoms with Crippen molar-refractivity contribution in [3.05, 3.63) is 0 Å². The van der Waals surface area contributed by atoms with E-state index in [9.17, 15) is 0 Å². The van der Waals surface area contributed by atoms with Crippen LogP contribution in [0.15, 0.2) is 0 Å². The first kappa shape index (κ1) is 29.2. The van der Waals surface area contributed by atoms with E-state index in [0.717, 1.165) is 0 Å². The normalized spacial score (nSPS) is 6.55. The van der Waals surface area contributed by atoms with Crippen LogP contribution in [0.25, 0.3) is 0 Å². The maximum Gasteiger partial charge on any atom is 0.324 e. The Hall–Kier alpha value is 2.10. The Kier molecular flexibility index (Phi) is 60.4. The second-order valence-corrected chi connectivity index (χ2v) is 1.61. The summed E-state index contributed by atoms with van der Waals surface area (Å²) in [6, 6.07) is 0. The smallest absolute Gasteiger partial charge is 0.324 e. The summed E-state index contributed by atoms with van der Waals surface area (Å²) >= 11 is 0. The largest absolute Gasteiger partial charge is 0.328 e. The molecule has 6 N–H and O–H groups in total. The van der Waals surface area contributed by atoms with Crippen LogP contribution in [0.4, 0.5) is 0 Å². The molecule has 0 saturated carbocycles. The average molecular weight is 340 g/mol. The maximum atomic E-state index is 7.23. The van der Waals surface area contributed by atoms with E-state index < -0.39 is 17.2 Å². The summed E-state index contributed by atoms with van der Waals surface area (Å²) in [5.41, 5.74) is 0. The maximum absolute atomic E-state index is 7.23. The molecular formula is H6Ni3O6P2. The van der Waals surface area contributed by atoms with E-state index in [1.54, 1.807) is 0 Å². The van der Waals surface area contributed by atoms with Crippen LogP contribution in [0.2, 0.25) is 0 Å². The van der Waals surface area contributed by atoms with Crippen molar-refractivity contribution in [1.82, 2.24) is 0 Å². The Morgan fingerprint density at radius 3 is 0.455 bits per heavy atom. The van der Waals surface area contributed by atoms with Crippen molar-refractivity contribution >= 4 is 17.2 Å². The number of rotatable bonds is 0. The fraction of sp³-hybridized carbons (Fsp3) is 0. The van der Waals surface area contributed by atoms with Gasteiger partial charge in [-0.2, -0.15) is 0 Å². The van der Waals surface area contributed by atoms with E-state index in [-0.39, 0.29) is 49.5 Å². The minimum atomic E-state index is -2.62. The van der Waals surface area contributed by atoms with Crippen LogP contribution in [-0.2, 0) is 49.5 Å². The predicted molar refractivity (Wildman–Crippen MR) is 27.2 cm³/mol. The molecule has 0 aromatic carbocycles. The Bertz CT molecular complexity index is 31.3. The zero-order valence-electron chi connectivity index (χ0n) is 4.53. The molecule has 0 aliphatic rings. The molecular weight excluding hydrogens is 334 g/mol. The molecule has 0 fully saturated rings. The molecule has 0 aliphatic heterocycles. The average Bonchev–Trinajstić information content (AvgIpc) is 1.25. The summed E-state index contributed by atoms with van der Waals surface area (Å²) < 4.78 is 0. The Morgan fingerprint density at radius 1 is 0.455 bits per heavy atom. The van der Waals surface area contributed by atoms with Crippen LogP contribution in [-0.4, -0.2) is 29.4 Å². The molecule has 0 bridgehead atoms. The fourth-order valence-electron chi connectivity index (χ4n) is 0. The summed E-state index contributed by atoms with van der Waals surface area (Å²) in [5.74, 6) is 0. The number of hydrogen-bond acceptors (Lipinski definition) is 6. The van der Waals surface area contributed by atoms with Gasteiger partial charge in [-0.05, 0) is 0 Å². The standard InChI is InChI=1S/3Ni.2H3O3P/c;;;2*1-4(2)3/h;;;2*1-3H. The van der Waals surface area contributed by atoms with Gasteiger partial charge in [0.25, 0.3) is 0 Å². The van der Waals surface area contributed by atoms with Crippen molar-refractivity contribution in [1.29, 1.82) is 0 Å². The molecule has 0 unspecified atom stereocenters. The van der Waals surface area contributed by atoms with E-state index in [1.165, 1.54) is 0 Å². The molecule has 0 radical (unpaired) electrons. The van der Waals surface area contributed by atoms with Crippen molar-refractivity contribution in [2.24, 2.45) is 0 Å². The molecule has 0 spiro atoms. The van der Waals surface area contributed by atoms with Crippen LogP contribution in [0, 0.1) is 0 Å². The van der Waals surface area contributed by atoms with Gasteiger partial charge in [0.2, 0.25) is 0 Å². The first-order valence-corrected chi connectivity index (χ1v) is 3.60. The first-order chi connectivity index (χ1) is 3.46. The van der Waals surface area contributed by atoms with E-state index in [2.05, 4.69) is 0 Å². The third-order valence-electron chi connectivity index (χ3n) is 0. The van der Waals surface area contributed by atoms with Crippen molar-refractivity contribution in [2.45, 2.75) is 0 Å². The molecule has 11 heavy (non-hydrogen) atoms. The van der Waals surface area contributed by atoms with E-state index in [4.69, 9.17) is 29.4 Å². The van der Waals surface area contributed by atoms with Crippen molar-refractivity contribution in [3.8, 4) is 0 Å². The molecule has 0 aromatic rings. The fourth-order valence-corrected chi connectivity index (χ4v) is 0. The summed E-state index contributed by atoms with van der Waals surface area (Å²) in [4.78, 5) is 43.4. The topological polar surface area (TPSA) is 121 Å². The zero-order valence-corrected chi connectivity index (χ0v) is 9.28. The molecule has 0 aromatic heterocycles. The van der Waals surface area contributed by atoms with Gasteiger partial charge in [-0.3, -0.25) is 0 Å². The monoisotopic (exact) mass is 338 g/mol. The van der Waals surface area contributed by atoms with Crippen LogP contribution in [0.5, 0.6) is 0 Å². The van der Waals surface area contributed by atoms with Crippen molar-refractivity contribution < 1.29 is 78.8 Å². The van der Waals surface area contributed by atoms with E-state index in [1.807, 2.05) is 0 Å². The van der Waals surface area contributed by atoms with E-state index >= 15 is 0 Å². The van der Waals surface area contributed by atoms with Gasteiger partial charge in [0.1, 0.15) is 0 Å². The van der Waals surface area contributed by atoms with Gasteiger partial charge >= 0.3 is 17.2 Å². The van der Waals surface area contributed by atoms with Gasteiger partial charge in [0.05, 0.1) is 0 Å². The SMILES string of the molecule is OP(O)O.OP(O)O.[Ni].[Ni].[Ni]. The third kappa shape index (κ3) is 280. The molecule has 0 rings (SSSR count). The molecule has 82 valence electrons. The second-order valence-electron chi connectivity index (χ2n) is 0.537. The molecule has 6 nitrogen and oxygen atoms in total. The third-order valence-corrected chi connectivity index (χ3v) is 0. The predicted octanol–water partition coefficient (Wildman–Crippen LogP) is -1.63. The first-order valence-electron chi connectivity index (χ1n) is 1.20. The van der Waals surface area contributed by atoms with Crippen LogP contribution < -0.4 is 0 Å². The Balaban J connectivity index is -0.0000000171. The summed E-state index contributed by atoms with van der Waals surface area (Å²) in [5, 5.41) is 0. The molecule has 11 heteroatoms. The molecule has 0 aliphatic carbocycles. The van der Waals surface area contributed by atoms with Gasteiger partial charge in [0, 0.05) is 49.5 Å². The van der Waals surface area contributed by atoms with Crippen LogP contribution in [0.1, 0.15) is 0 Å².